The van der Waals surface area contributed by atoms with Gasteiger partial charge in [0.15, 0.2) is 11.5 Å². The van der Waals surface area contributed by atoms with Crippen LogP contribution in [0.25, 0.3) is 0 Å². The summed E-state index contributed by atoms with van der Waals surface area (Å²) >= 11 is 0. The predicted molar refractivity (Wildman–Crippen MR) is 67.2 cm³/mol. The molecule has 0 saturated carbocycles. The van der Waals surface area contributed by atoms with E-state index in [0.717, 1.165) is 17.1 Å². The molecule has 0 saturated heterocycles. The number of hydrogen-bond donors (Lipinski definition) is 2. The van der Waals surface area contributed by atoms with Gasteiger partial charge in [-0.1, -0.05) is 6.07 Å². The Hall–Kier alpha value is -1.75. The minimum absolute atomic E-state index is 0.0531. The molecule has 0 aliphatic carbocycles. The molecular formula is C13H18N2O3. The van der Waals surface area contributed by atoms with Crippen LogP contribution in [0, 0.1) is 5.41 Å². The lowest BCUT2D eigenvalue weighted by Crippen LogP contribution is -2.41. The molecule has 3 N–H and O–H groups in total. The van der Waals surface area contributed by atoms with Crippen molar-refractivity contribution < 1.29 is 14.3 Å². The zero-order chi connectivity index (χ0) is 13.2. The molecule has 18 heavy (non-hydrogen) atoms. The van der Waals surface area contributed by atoms with Gasteiger partial charge in [0.2, 0.25) is 12.7 Å². The van der Waals surface area contributed by atoms with Crippen molar-refractivity contribution in [1.29, 1.82) is 0 Å². The van der Waals surface area contributed by atoms with Gasteiger partial charge in [-0.25, -0.2) is 0 Å². The molecule has 0 atom stereocenters. The Morgan fingerprint density at radius 3 is 2.83 bits per heavy atom. The lowest BCUT2D eigenvalue weighted by Gasteiger charge is -2.21. The summed E-state index contributed by atoms with van der Waals surface area (Å²) in [6, 6.07) is 5.62. The van der Waals surface area contributed by atoms with Crippen LogP contribution in [0.1, 0.15) is 19.4 Å². The SMILES string of the molecule is CC(C)(CN)C(=O)NCc1ccc2c(c1)OCO2. The topological polar surface area (TPSA) is 73.6 Å². The van der Waals surface area contributed by atoms with Crippen molar-refractivity contribution >= 4 is 5.91 Å². The Morgan fingerprint density at radius 2 is 2.11 bits per heavy atom. The van der Waals surface area contributed by atoms with Gasteiger partial charge in [0, 0.05) is 13.1 Å². The van der Waals surface area contributed by atoms with Crippen molar-refractivity contribution in [2.45, 2.75) is 20.4 Å². The maximum atomic E-state index is 11.9. The molecule has 0 spiro atoms. The standard InChI is InChI=1S/C13H18N2O3/c1-13(2,7-14)12(16)15-6-9-3-4-10-11(5-9)18-8-17-10/h3-5H,6-8,14H2,1-2H3,(H,15,16). The predicted octanol–water partition coefficient (Wildman–Crippen LogP) is 1.02. The first-order chi connectivity index (χ1) is 8.53. The lowest BCUT2D eigenvalue weighted by atomic mass is 9.92. The van der Waals surface area contributed by atoms with Crippen molar-refractivity contribution in [1.82, 2.24) is 5.32 Å². The quantitative estimate of drug-likeness (QED) is 0.836. The average Bonchev–Trinajstić information content (AvgIpc) is 2.83. The molecule has 0 aromatic heterocycles. The average molecular weight is 250 g/mol. The Bertz CT molecular complexity index is 458. The third kappa shape index (κ3) is 2.56. The third-order valence-corrected chi connectivity index (χ3v) is 3.02. The van der Waals surface area contributed by atoms with E-state index < -0.39 is 5.41 Å². The molecule has 0 fully saturated rings. The Balaban J connectivity index is 1.97. The van der Waals surface area contributed by atoms with Crippen LogP contribution in [0.15, 0.2) is 18.2 Å². The fourth-order valence-electron chi connectivity index (χ4n) is 1.57. The maximum absolute atomic E-state index is 11.9. The van der Waals surface area contributed by atoms with Gasteiger partial charge in [-0.15, -0.1) is 0 Å². The minimum Gasteiger partial charge on any atom is -0.454 e. The zero-order valence-electron chi connectivity index (χ0n) is 10.7. The number of carbonyl (C=O) groups excluding carboxylic acids is 1. The molecule has 5 nitrogen and oxygen atoms in total. The number of ether oxygens (including phenoxy) is 2. The Kier molecular flexibility index (Phi) is 3.43. The van der Waals surface area contributed by atoms with E-state index in [4.69, 9.17) is 15.2 Å². The van der Waals surface area contributed by atoms with Crippen molar-refractivity contribution in [2.75, 3.05) is 13.3 Å². The van der Waals surface area contributed by atoms with E-state index in [9.17, 15) is 4.79 Å². The van der Waals surface area contributed by atoms with Crippen LogP contribution in [0.5, 0.6) is 11.5 Å². The molecular weight excluding hydrogens is 232 g/mol. The molecule has 5 heteroatoms. The van der Waals surface area contributed by atoms with Crippen LogP contribution in [0.2, 0.25) is 0 Å². The highest BCUT2D eigenvalue weighted by Gasteiger charge is 2.25. The number of rotatable bonds is 4. The fourth-order valence-corrected chi connectivity index (χ4v) is 1.57. The van der Waals surface area contributed by atoms with Gasteiger partial charge in [-0.05, 0) is 31.5 Å². The second-order valence-electron chi connectivity index (χ2n) is 4.96. The molecule has 1 aromatic rings. The van der Waals surface area contributed by atoms with Crippen molar-refractivity contribution in [3.05, 3.63) is 23.8 Å². The Labute approximate surface area is 106 Å². The van der Waals surface area contributed by atoms with Crippen molar-refractivity contribution in [2.24, 2.45) is 11.1 Å². The summed E-state index contributed by atoms with van der Waals surface area (Å²) in [6.45, 7) is 4.67. The summed E-state index contributed by atoms with van der Waals surface area (Å²) in [5, 5.41) is 2.87. The van der Waals surface area contributed by atoms with Gasteiger partial charge < -0.3 is 20.5 Å². The zero-order valence-corrected chi connectivity index (χ0v) is 10.7. The Morgan fingerprint density at radius 1 is 1.39 bits per heavy atom. The minimum atomic E-state index is -0.545. The first-order valence-electron chi connectivity index (χ1n) is 5.90. The van der Waals surface area contributed by atoms with E-state index >= 15 is 0 Å². The number of nitrogens with one attached hydrogen (secondary N) is 1. The van der Waals surface area contributed by atoms with Gasteiger partial charge in [-0.2, -0.15) is 0 Å². The van der Waals surface area contributed by atoms with Crippen molar-refractivity contribution in [3.63, 3.8) is 0 Å². The highest BCUT2D eigenvalue weighted by molar-refractivity contribution is 5.82. The normalized spacial score (nSPS) is 13.5. The molecule has 0 unspecified atom stereocenters. The van der Waals surface area contributed by atoms with Gasteiger partial charge in [0.05, 0.1) is 5.41 Å². The van der Waals surface area contributed by atoms with Crippen LogP contribution in [0.3, 0.4) is 0 Å². The molecule has 2 rings (SSSR count). The molecule has 1 amide bonds. The van der Waals surface area contributed by atoms with Gasteiger partial charge >= 0.3 is 0 Å². The molecule has 0 radical (unpaired) electrons. The number of nitrogens with two attached hydrogens (primary N) is 1. The lowest BCUT2D eigenvalue weighted by molar-refractivity contribution is -0.129. The van der Waals surface area contributed by atoms with Gasteiger partial charge in [-0.3, -0.25) is 4.79 Å². The highest BCUT2D eigenvalue weighted by atomic mass is 16.7. The van der Waals surface area contributed by atoms with E-state index in [0.29, 0.717) is 13.1 Å². The summed E-state index contributed by atoms with van der Waals surface area (Å²) in [6.07, 6.45) is 0. The molecule has 1 aliphatic heterocycles. The summed E-state index contributed by atoms with van der Waals surface area (Å²) in [7, 11) is 0. The summed E-state index contributed by atoms with van der Waals surface area (Å²) in [5.41, 5.74) is 5.98. The molecule has 98 valence electrons. The van der Waals surface area contributed by atoms with Crippen LogP contribution in [-0.4, -0.2) is 19.2 Å². The van der Waals surface area contributed by atoms with Crippen LogP contribution in [0.4, 0.5) is 0 Å². The fraction of sp³-hybridized carbons (Fsp3) is 0.462. The second kappa shape index (κ2) is 4.86. The number of amides is 1. The number of hydrogen-bond acceptors (Lipinski definition) is 4. The number of benzene rings is 1. The molecule has 1 aliphatic rings. The van der Waals surface area contributed by atoms with Crippen LogP contribution in [-0.2, 0) is 11.3 Å². The summed E-state index contributed by atoms with van der Waals surface area (Å²) in [5.74, 6) is 1.41. The van der Waals surface area contributed by atoms with Crippen molar-refractivity contribution in [3.8, 4) is 11.5 Å². The number of carbonyl (C=O) groups is 1. The van der Waals surface area contributed by atoms with Gasteiger partial charge in [0.1, 0.15) is 0 Å². The van der Waals surface area contributed by atoms with E-state index in [-0.39, 0.29) is 12.7 Å². The van der Waals surface area contributed by atoms with Crippen LogP contribution >= 0.6 is 0 Å². The molecule has 1 heterocycles. The van der Waals surface area contributed by atoms with E-state index in [1.54, 1.807) is 0 Å². The third-order valence-electron chi connectivity index (χ3n) is 3.02. The smallest absolute Gasteiger partial charge is 0.231 e. The summed E-state index contributed by atoms with van der Waals surface area (Å²) in [4.78, 5) is 11.9. The highest BCUT2D eigenvalue weighted by Crippen LogP contribution is 2.32. The first-order valence-corrected chi connectivity index (χ1v) is 5.90. The van der Waals surface area contributed by atoms with Gasteiger partial charge in [0.25, 0.3) is 0 Å². The second-order valence-corrected chi connectivity index (χ2v) is 4.96. The maximum Gasteiger partial charge on any atom is 0.231 e. The van der Waals surface area contributed by atoms with Crippen LogP contribution < -0.4 is 20.5 Å². The molecule has 0 bridgehead atoms. The van der Waals surface area contributed by atoms with E-state index in [2.05, 4.69) is 5.32 Å². The monoisotopic (exact) mass is 250 g/mol. The molecule has 1 aromatic carbocycles. The largest absolute Gasteiger partial charge is 0.454 e. The van der Waals surface area contributed by atoms with E-state index in [1.807, 2.05) is 32.0 Å². The van der Waals surface area contributed by atoms with E-state index in [1.165, 1.54) is 0 Å². The summed E-state index contributed by atoms with van der Waals surface area (Å²) < 4.78 is 10.5. The first kappa shape index (κ1) is 12.7. The number of fused-ring (bicyclic) bond motifs is 1.